The summed E-state index contributed by atoms with van der Waals surface area (Å²) in [5.74, 6) is 0. The zero-order valence-electron chi connectivity index (χ0n) is 5.63. The largest absolute Gasteiger partial charge is 0.325 e. The molecule has 1 heterocycles. The minimum absolute atomic E-state index is 0.408. The predicted molar refractivity (Wildman–Crippen MR) is 39.7 cm³/mol. The highest BCUT2D eigenvalue weighted by atomic mass is 35.5. The van der Waals surface area contributed by atoms with E-state index in [0.29, 0.717) is 11.7 Å². The predicted octanol–water partition coefficient (Wildman–Crippen LogP) is 0.897. The van der Waals surface area contributed by atoms with Crippen molar-refractivity contribution in [2.45, 2.75) is 13.5 Å². The number of hydrogen-bond donors (Lipinski definition) is 1. The first kappa shape index (κ1) is 7.44. The van der Waals surface area contributed by atoms with Crippen LogP contribution in [0.4, 0.5) is 0 Å². The lowest BCUT2D eigenvalue weighted by atomic mass is 10.3. The fourth-order valence-corrected chi connectivity index (χ4v) is 0.717. The average molecular weight is 158 g/mol. The molecule has 0 aliphatic heterocycles. The summed E-state index contributed by atoms with van der Waals surface area (Å²) in [7, 11) is 0. The van der Waals surface area contributed by atoms with Crippen molar-refractivity contribution in [3.63, 3.8) is 0 Å². The molecular weight excluding hydrogens is 150 g/mol. The zero-order valence-corrected chi connectivity index (χ0v) is 6.39. The van der Waals surface area contributed by atoms with Crippen LogP contribution in [0.3, 0.4) is 0 Å². The molecule has 1 aromatic rings. The number of nitrogens with zero attached hydrogens (tertiary/aromatic N) is 2. The highest BCUT2D eigenvalue weighted by Crippen LogP contribution is 2.09. The van der Waals surface area contributed by atoms with Crippen LogP contribution in [0.1, 0.15) is 11.3 Å². The summed E-state index contributed by atoms with van der Waals surface area (Å²) in [5, 5.41) is 7.88. The molecule has 1 rings (SSSR count). The maximum atomic E-state index is 5.62. The van der Waals surface area contributed by atoms with E-state index < -0.39 is 0 Å². The molecule has 54 valence electrons. The molecule has 0 amide bonds. The Hall–Kier alpha value is -0.670. The number of nitrogens with two attached hydrogens (primary N) is 1. The Morgan fingerprint density at radius 1 is 1.60 bits per heavy atom. The molecule has 0 aliphatic rings. The van der Waals surface area contributed by atoms with Gasteiger partial charge in [0.05, 0.1) is 5.69 Å². The number of aromatic nitrogens is 2. The second kappa shape index (κ2) is 2.94. The highest BCUT2D eigenvalue weighted by molar-refractivity contribution is 6.30. The van der Waals surface area contributed by atoms with Gasteiger partial charge in [0.15, 0.2) is 5.15 Å². The molecule has 0 spiro atoms. The van der Waals surface area contributed by atoms with Crippen molar-refractivity contribution in [1.29, 1.82) is 0 Å². The van der Waals surface area contributed by atoms with E-state index in [1.54, 1.807) is 0 Å². The van der Waals surface area contributed by atoms with E-state index in [0.717, 1.165) is 11.3 Å². The van der Waals surface area contributed by atoms with Crippen molar-refractivity contribution in [1.82, 2.24) is 10.2 Å². The Labute approximate surface area is 64.2 Å². The quantitative estimate of drug-likeness (QED) is 0.659. The van der Waals surface area contributed by atoms with Crippen LogP contribution in [0.15, 0.2) is 6.07 Å². The molecular formula is C6H8ClN3. The van der Waals surface area contributed by atoms with Gasteiger partial charge in [-0.1, -0.05) is 11.6 Å². The van der Waals surface area contributed by atoms with E-state index >= 15 is 0 Å². The van der Waals surface area contributed by atoms with Gasteiger partial charge in [-0.15, -0.1) is 5.10 Å². The first-order valence-corrected chi connectivity index (χ1v) is 3.30. The number of aryl methyl sites for hydroxylation is 1. The molecule has 0 unspecified atom stereocenters. The normalized spacial score (nSPS) is 9.90. The molecule has 0 atom stereocenters. The third kappa shape index (κ3) is 1.43. The molecule has 0 saturated carbocycles. The lowest BCUT2D eigenvalue weighted by Gasteiger charge is -1.96. The molecule has 0 fully saturated rings. The van der Waals surface area contributed by atoms with Gasteiger partial charge in [0.2, 0.25) is 0 Å². The molecule has 2 N–H and O–H groups in total. The molecule has 0 aliphatic carbocycles. The second-order valence-electron chi connectivity index (χ2n) is 2.01. The smallest absolute Gasteiger partial charge is 0.154 e. The summed E-state index contributed by atoms with van der Waals surface area (Å²) in [6, 6.07) is 1.83. The van der Waals surface area contributed by atoms with Gasteiger partial charge >= 0.3 is 0 Å². The molecule has 3 nitrogen and oxygen atoms in total. The fraction of sp³-hybridized carbons (Fsp3) is 0.333. The zero-order chi connectivity index (χ0) is 7.56. The number of halogens is 1. The fourth-order valence-electron chi connectivity index (χ4n) is 0.625. The Balaban J connectivity index is 3.04. The lowest BCUT2D eigenvalue weighted by Crippen LogP contribution is -2.01. The third-order valence-electron chi connectivity index (χ3n) is 1.18. The Morgan fingerprint density at radius 3 is 2.80 bits per heavy atom. The van der Waals surface area contributed by atoms with Gasteiger partial charge in [-0.05, 0) is 18.6 Å². The van der Waals surface area contributed by atoms with Crippen LogP contribution in [-0.2, 0) is 6.54 Å². The summed E-state index contributed by atoms with van der Waals surface area (Å²) in [5.41, 5.74) is 7.00. The van der Waals surface area contributed by atoms with Crippen LogP contribution in [0, 0.1) is 6.92 Å². The standard InChI is InChI=1S/C6H8ClN3/c1-4-2-5(3-8)9-10-6(4)7/h2H,3,8H2,1H3. The third-order valence-corrected chi connectivity index (χ3v) is 1.56. The van der Waals surface area contributed by atoms with Crippen LogP contribution < -0.4 is 5.73 Å². The molecule has 1 aromatic heterocycles. The van der Waals surface area contributed by atoms with Crippen molar-refractivity contribution < 1.29 is 0 Å². The molecule has 0 aromatic carbocycles. The van der Waals surface area contributed by atoms with E-state index in [1.807, 2.05) is 13.0 Å². The summed E-state index contributed by atoms with van der Waals surface area (Å²) in [6.45, 7) is 2.28. The van der Waals surface area contributed by atoms with Gasteiger partial charge in [-0.2, -0.15) is 5.10 Å². The molecule has 10 heavy (non-hydrogen) atoms. The van der Waals surface area contributed by atoms with Crippen LogP contribution in [-0.4, -0.2) is 10.2 Å². The van der Waals surface area contributed by atoms with Crippen LogP contribution in [0.25, 0.3) is 0 Å². The van der Waals surface area contributed by atoms with Gasteiger partial charge in [0, 0.05) is 6.54 Å². The number of rotatable bonds is 1. The minimum atomic E-state index is 0.408. The molecule has 0 radical (unpaired) electrons. The van der Waals surface area contributed by atoms with E-state index in [1.165, 1.54) is 0 Å². The maximum absolute atomic E-state index is 5.62. The van der Waals surface area contributed by atoms with Crippen molar-refractivity contribution >= 4 is 11.6 Å². The van der Waals surface area contributed by atoms with E-state index in [4.69, 9.17) is 17.3 Å². The van der Waals surface area contributed by atoms with Gasteiger partial charge in [0.25, 0.3) is 0 Å². The summed E-state index contributed by atoms with van der Waals surface area (Å²) in [6.07, 6.45) is 0. The van der Waals surface area contributed by atoms with Crippen molar-refractivity contribution in [2.75, 3.05) is 0 Å². The second-order valence-corrected chi connectivity index (χ2v) is 2.37. The van der Waals surface area contributed by atoms with E-state index in [-0.39, 0.29) is 0 Å². The van der Waals surface area contributed by atoms with Gasteiger partial charge in [0.1, 0.15) is 0 Å². The Bertz CT molecular complexity index is 236. The summed E-state index contributed by atoms with van der Waals surface area (Å²) in [4.78, 5) is 0. The van der Waals surface area contributed by atoms with E-state index in [9.17, 15) is 0 Å². The highest BCUT2D eigenvalue weighted by Gasteiger charge is 1.97. The first-order chi connectivity index (χ1) is 4.74. The monoisotopic (exact) mass is 157 g/mol. The van der Waals surface area contributed by atoms with Crippen molar-refractivity contribution in [2.24, 2.45) is 5.73 Å². The van der Waals surface area contributed by atoms with Crippen LogP contribution >= 0.6 is 11.6 Å². The molecule has 0 bridgehead atoms. The van der Waals surface area contributed by atoms with Gasteiger partial charge < -0.3 is 5.73 Å². The van der Waals surface area contributed by atoms with Crippen molar-refractivity contribution in [3.05, 3.63) is 22.5 Å². The maximum Gasteiger partial charge on any atom is 0.154 e. The minimum Gasteiger partial charge on any atom is -0.325 e. The van der Waals surface area contributed by atoms with Crippen molar-refractivity contribution in [3.8, 4) is 0 Å². The van der Waals surface area contributed by atoms with Crippen LogP contribution in [0.2, 0.25) is 5.15 Å². The molecule has 4 heteroatoms. The van der Waals surface area contributed by atoms with Crippen LogP contribution in [0.5, 0.6) is 0 Å². The topological polar surface area (TPSA) is 51.8 Å². The average Bonchev–Trinajstić information content (AvgIpc) is 1.95. The molecule has 0 saturated heterocycles. The Kier molecular flexibility index (Phi) is 2.19. The lowest BCUT2D eigenvalue weighted by molar-refractivity contribution is 0.890. The van der Waals surface area contributed by atoms with Gasteiger partial charge in [-0.3, -0.25) is 0 Å². The Morgan fingerprint density at radius 2 is 2.30 bits per heavy atom. The van der Waals surface area contributed by atoms with E-state index in [2.05, 4.69) is 10.2 Å². The summed E-state index contributed by atoms with van der Waals surface area (Å²) >= 11 is 5.62. The SMILES string of the molecule is Cc1cc(CN)nnc1Cl. The van der Waals surface area contributed by atoms with Gasteiger partial charge in [-0.25, -0.2) is 0 Å². The number of hydrogen-bond acceptors (Lipinski definition) is 3. The first-order valence-electron chi connectivity index (χ1n) is 2.93. The summed E-state index contributed by atoms with van der Waals surface area (Å²) < 4.78 is 0.